The van der Waals surface area contributed by atoms with Crippen LogP contribution in [0.25, 0.3) is 0 Å². The summed E-state index contributed by atoms with van der Waals surface area (Å²) < 4.78 is 45.5. The van der Waals surface area contributed by atoms with E-state index < -0.39 is 17.3 Å². The number of alkyl halides is 3. The van der Waals surface area contributed by atoms with E-state index in [2.05, 4.69) is 5.32 Å². The van der Waals surface area contributed by atoms with E-state index in [0.29, 0.717) is 0 Å². The van der Waals surface area contributed by atoms with Gasteiger partial charge in [-0.15, -0.1) is 0 Å². The van der Waals surface area contributed by atoms with Crippen LogP contribution in [0.2, 0.25) is 0 Å². The van der Waals surface area contributed by atoms with Crippen LogP contribution < -0.4 is 10.9 Å². The van der Waals surface area contributed by atoms with Gasteiger partial charge in [-0.25, -0.2) is 0 Å². The summed E-state index contributed by atoms with van der Waals surface area (Å²) in [5.74, 6) is 0. The van der Waals surface area contributed by atoms with Crippen molar-refractivity contribution in [3.8, 4) is 6.07 Å². The summed E-state index contributed by atoms with van der Waals surface area (Å²) >= 11 is 0.896. The molecule has 1 atom stereocenters. The Bertz CT molecular complexity index is 821. The highest BCUT2D eigenvalue weighted by molar-refractivity contribution is 7.11. The lowest BCUT2D eigenvalue weighted by Crippen LogP contribution is -2.21. The summed E-state index contributed by atoms with van der Waals surface area (Å²) in [5.41, 5.74) is -1.86. The standard InChI is InChI=1S/C15H14F3N3O2S/c1-9(8-23-2)21-14(22)10(7-19)13(24-21)20-12-6-4-3-5-11(12)15(16,17)18/h3-6,9,20H,8H2,1-2H3. The number of ether oxygens (including phenoxy) is 1. The number of rotatable bonds is 5. The Kier molecular flexibility index (Phi) is 5.31. The predicted molar refractivity (Wildman–Crippen MR) is 84.6 cm³/mol. The van der Waals surface area contributed by atoms with Crippen LogP contribution >= 0.6 is 11.5 Å². The largest absolute Gasteiger partial charge is 0.418 e. The van der Waals surface area contributed by atoms with Gasteiger partial charge in [0, 0.05) is 7.11 Å². The number of aromatic nitrogens is 1. The molecule has 9 heteroatoms. The maximum atomic E-state index is 13.1. The van der Waals surface area contributed by atoms with Gasteiger partial charge in [0.25, 0.3) is 5.56 Å². The minimum atomic E-state index is -4.55. The van der Waals surface area contributed by atoms with Gasteiger partial charge in [0.2, 0.25) is 0 Å². The Morgan fingerprint density at radius 3 is 2.67 bits per heavy atom. The number of nitrogens with one attached hydrogen (secondary N) is 1. The van der Waals surface area contributed by atoms with Crippen molar-refractivity contribution < 1.29 is 17.9 Å². The number of nitriles is 1. The van der Waals surface area contributed by atoms with Crippen LogP contribution in [0.15, 0.2) is 29.1 Å². The third-order valence-corrected chi connectivity index (χ3v) is 4.44. The van der Waals surface area contributed by atoms with Gasteiger partial charge in [-0.3, -0.25) is 8.75 Å². The predicted octanol–water partition coefficient (Wildman–Crippen LogP) is 3.75. The molecule has 2 rings (SSSR count). The summed E-state index contributed by atoms with van der Waals surface area (Å²) in [4.78, 5) is 12.2. The van der Waals surface area contributed by atoms with E-state index in [1.165, 1.54) is 29.3 Å². The van der Waals surface area contributed by atoms with Crippen LogP contribution in [-0.4, -0.2) is 17.7 Å². The third-order valence-electron chi connectivity index (χ3n) is 3.23. The lowest BCUT2D eigenvalue weighted by molar-refractivity contribution is -0.136. The second kappa shape index (κ2) is 7.07. The highest BCUT2D eigenvalue weighted by Gasteiger charge is 2.33. The van der Waals surface area contributed by atoms with Crippen LogP contribution in [0.1, 0.15) is 24.1 Å². The van der Waals surface area contributed by atoms with Gasteiger partial charge in [0.05, 0.1) is 23.9 Å². The number of nitrogens with zero attached hydrogens (tertiary/aromatic N) is 2. The molecule has 1 N–H and O–H groups in total. The molecule has 1 aromatic heterocycles. The molecule has 0 aliphatic carbocycles. The summed E-state index contributed by atoms with van der Waals surface area (Å²) in [5, 5.41) is 11.8. The first-order valence-electron chi connectivity index (χ1n) is 6.87. The third kappa shape index (κ3) is 3.60. The number of hydrogen-bond donors (Lipinski definition) is 1. The van der Waals surface area contributed by atoms with Crippen LogP contribution in [0, 0.1) is 11.3 Å². The normalized spacial score (nSPS) is 12.7. The number of methoxy groups -OCH3 is 1. The average Bonchev–Trinajstić information content (AvgIpc) is 2.83. The zero-order chi connectivity index (χ0) is 17.9. The molecule has 0 bridgehead atoms. The molecule has 0 radical (unpaired) electrons. The van der Waals surface area contributed by atoms with Crippen molar-refractivity contribution in [2.24, 2.45) is 0 Å². The lowest BCUT2D eigenvalue weighted by atomic mass is 10.1. The number of anilines is 2. The van der Waals surface area contributed by atoms with Crippen molar-refractivity contribution in [1.29, 1.82) is 5.26 Å². The molecule has 5 nitrogen and oxygen atoms in total. The van der Waals surface area contributed by atoms with Crippen LogP contribution in [0.4, 0.5) is 23.9 Å². The molecule has 128 valence electrons. The van der Waals surface area contributed by atoms with Crippen molar-refractivity contribution in [3.63, 3.8) is 0 Å². The zero-order valence-electron chi connectivity index (χ0n) is 12.8. The molecule has 0 aliphatic rings. The van der Waals surface area contributed by atoms with Crippen molar-refractivity contribution >= 4 is 22.2 Å². The summed E-state index contributed by atoms with van der Waals surface area (Å²) in [6.45, 7) is 1.96. The molecule has 0 saturated heterocycles. The first-order chi connectivity index (χ1) is 11.3. The van der Waals surface area contributed by atoms with Crippen LogP contribution in [0.5, 0.6) is 0 Å². The number of para-hydroxylation sites is 1. The molecule has 0 amide bonds. The Balaban J connectivity index is 2.47. The van der Waals surface area contributed by atoms with Gasteiger partial charge in [0.15, 0.2) is 5.56 Å². The monoisotopic (exact) mass is 357 g/mol. The van der Waals surface area contributed by atoms with E-state index in [-0.39, 0.29) is 28.9 Å². The SMILES string of the molecule is COCC(C)n1sc(Nc2ccccc2C(F)(F)F)c(C#N)c1=O. The molecule has 0 fully saturated rings. The maximum Gasteiger partial charge on any atom is 0.418 e. The van der Waals surface area contributed by atoms with Crippen molar-refractivity contribution in [2.45, 2.75) is 19.1 Å². The lowest BCUT2D eigenvalue weighted by Gasteiger charge is -2.13. The fraction of sp³-hybridized carbons (Fsp3) is 0.333. The molecular formula is C15H14F3N3O2S. The fourth-order valence-electron chi connectivity index (χ4n) is 2.14. The molecule has 2 aromatic rings. The minimum Gasteiger partial charge on any atom is -0.383 e. The minimum absolute atomic E-state index is 0.0714. The topological polar surface area (TPSA) is 67.0 Å². The summed E-state index contributed by atoms with van der Waals surface area (Å²) in [6, 6.07) is 6.30. The van der Waals surface area contributed by atoms with Crippen molar-refractivity contribution in [1.82, 2.24) is 3.96 Å². The molecule has 0 spiro atoms. The molecule has 1 aromatic carbocycles. The van der Waals surface area contributed by atoms with Crippen LogP contribution in [0.3, 0.4) is 0 Å². The smallest absolute Gasteiger partial charge is 0.383 e. The highest BCUT2D eigenvalue weighted by Crippen LogP contribution is 2.37. The average molecular weight is 357 g/mol. The van der Waals surface area contributed by atoms with E-state index in [1.807, 2.05) is 0 Å². The van der Waals surface area contributed by atoms with Gasteiger partial charge in [0.1, 0.15) is 11.1 Å². The van der Waals surface area contributed by atoms with Crippen molar-refractivity contribution in [2.75, 3.05) is 19.0 Å². The zero-order valence-corrected chi connectivity index (χ0v) is 13.7. The summed E-state index contributed by atoms with van der Waals surface area (Å²) in [6.07, 6.45) is -4.55. The Hall–Kier alpha value is -2.31. The summed E-state index contributed by atoms with van der Waals surface area (Å²) in [7, 11) is 1.47. The Labute approximate surface area is 140 Å². The second-order valence-corrected chi connectivity index (χ2v) is 6.00. The Morgan fingerprint density at radius 2 is 2.08 bits per heavy atom. The molecule has 24 heavy (non-hydrogen) atoms. The molecular weight excluding hydrogens is 343 g/mol. The second-order valence-electron chi connectivity index (χ2n) is 5.01. The molecule has 0 saturated carbocycles. The van der Waals surface area contributed by atoms with Crippen LogP contribution in [-0.2, 0) is 10.9 Å². The quantitative estimate of drug-likeness (QED) is 0.885. The molecule has 1 heterocycles. The molecule has 1 unspecified atom stereocenters. The van der Waals surface area contributed by atoms with Gasteiger partial charge < -0.3 is 10.1 Å². The van der Waals surface area contributed by atoms with Gasteiger partial charge in [-0.2, -0.15) is 18.4 Å². The van der Waals surface area contributed by atoms with E-state index in [9.17, 15) is 23.2 Å². The highest BCUT2D eigenvalue weighted by atomic mass is 32.1. The number of benzene rings is 1. The first-order valence-corrected chi connectivity index (χ1v) is 7.65. The van der Waals surface area contributed by atoms with Gasteiger partial charge in [-0.05, 0) is 30.6 Å². The van der Waals surface area contributed by atoms with E-state index in [4.69, 9.17) is 4.74 Å². The van der Waals surface area contributed by atoms with E-state index in [1.54, 1.807) is 13.0 Å². The van der Waals surface area contributed by atoms with E-state index >= 15 is 0 Å². The van der Waals surface area contributed by atoms with E-state index in [0.717, 1.165) is 17.6 Å². The fourth-order valence-corrected chi connectivity index (χ4v) is 3.13. The maximum absolute atomic E-state index is 13.1. The van der Waals surface area contributed by atoms with Gasteiger partial charge in [-0.1, -0.05) is 12.1 Å². The van der Waals surface area contributed by atoms with Gasteiger partial charge >= 0.3 is 6.18 Å². The van der Waals surface area contributed by atoms with Crippen molar-refractivity contribution in [3.05, 3.63) is 45.7 Å². The first kappa shape index (κ1) is 18.0. The number of halogens is 3. The molecule has 0 aliphatic heterocycles. The number of hydrogen-bond acceptors (Lipinski definition) is 5. The Morgan fingerprint density at radius 1 is 1.42 bits per heavy atom.